The maximum absolute atomic E-state index is 12.0. The van der Waals surface area contributed by atoms with Crippen molar-refractivity contribution < 1.29 is 56.1 Å². The van der Waals surface area contributed by atoms with Crippen LogP contribution >= 0.6 is 7.60 Å². The zero-order chi connectivity index (χ0) is 13.0. The molecule has 98 valence electrons. The van der Waals surface area contributed by atoms with Crippen molar-refractivity contribution in [3.63, 3.8) is 0 Å². The third-order valence-electron chi connectivity index (χ3n) is 2.52. The molecular weight excluding hydrogens is 278 g/mol. The van der Waals surface area contributed by atoms with Gasteiger partial charge in [0.05, 0.1) is 15.8 Å². The van der Waals surface area contributed by atoms with Gasteiger partial charge in [-0.1, -0.05) is 6.92 Å². The summed E-state index contributed by atoms with van der Waals surface area (Å²) in [4.78, 5) is 0. The molecule has 0 aromatic heterocycles. The van der Waals surface area contributed by atoms with Gasteiger partial charge in [-0.15, -0.1) is 0 Å². The first kappa shape index (κ1) is 20.4. The second-order valence-corrected chi connectivity index (χ2v) is 7.84. The quantitative estimate of drug-likeness (QED) is 0.325. The summed E-state index contributed by atoms with van der Waals surface area (Å²) >= 11 is 0. The van der Waals surface area contributed by atoms with Gasteiger partial charge in [-0.3, -0.25) is 4.57 Å². The Labute approximate surface area is 125 Å². The molecule has 0 heterocycles. The summed E-state index contributed by atoms with van der Waals surface area (Å²) in [7, 11) is -5.21. The smallest absolute Gasteiger partial charge is 0.748 e. The van der Waals surface area contributed by atoms with E-state index in [1.165, 1.54) is 21.1 Å². The van der Waals surface area contributed by atoms with E-state index in [2.05, 4.69) is 0 Å². The van der Waals surface area contributed by atoms with E-state index in [1.54, 1.807) is 6.92 Å². The molecule has 0 fully saturated rings. The van der Waals surface area contributed by atoms with Crippen LogP contribution in [0.25, 0.3) is 0 Å². The van der Waals surface area contributed by atoms with Gasteiger partial charge in [0.1, 0.15) is 0 Å². The second kappa shape index (κ2) is 8.27. The predicted octanol–water partition coefficient (Wildman–Crippen LogP) is -1.42. The van der Waals surface area contributed by atoms with Crippen LogP contribution in [0.2, 0.25) is 0 Å². The molecule has 0 rings (SSSR count). The van der Waals surface area contributed by atoms with Gasteiger partial charge in [-0.2, -0.15) is 0 Å². The Balaban J connectivity index is 0. The first-order valence-corrected chi connectivity index (χ1v) is 7.95. The Morgan fingerprint density at radius 3 is 1.94 bits per heavy atom. The van der Waals surface area contributed by atoms with E-state index < -0.39 is 28.6 Å². The Bertz CT molecular complexity index is 349. The van der Waals surface area contributed by atoms with Crippen LogP contribution in [0, 0.1) is 0 Å². The van der Waals surface area contributed by atoms with Gasteiger partial charge in [-0.25, -0.2) is 8.42 Å². The molecule has 0 aromatic rings. The van der Waals surface area contributed by atoms with E-state index in [4.69, 9.17) is 9.05 Å². The van der Waals surface area contributed by atoms with Gasteiger partial charge >= 0.3 is 37.2 Å². The normalized spacial score (nSPS) is 16.1. The molecule has 0 bridgehead atoms. The Morgan fingerprint density at radius 2 is 1.71 bits per heavy atom. The molecule has 9 heteroatoms. The van der Waals surface area contributed by atoms with E-state index >= 15 is 0 Å². The molecular formula is C8H18NaO6PS. The van der Waals surface area contributed by atoms with Gasteiger partial charge < -0.3 is 13.6 Å². The molecule has 0 aliphatic rings. The topological polar surface area (TPSA) is 92.7 Å². The van der Waals surface area contributed by atoms with E-state index in [9.17, 15) is 17.5 Å². The van der Waals surface area contributed by atoms with Crippen LogP contribution in [0.15, 0.2) is 0 Å². The van der Waals surface area contributed by atoms with Crippen molar-refractivity contribution in [1.82, 2.24) is 0 Å². The minimum absolute atomic E-state index is 0. The van der Waals surface area contributed by atoms with Crippen LogP contribution < -0.4 is 29.6 Å². The fraction of sp³-hybridized carbons (Fsp3) is 1.00. The minimum atomic E-state index is -4.37. The van der Waals surface area contributed by atoms with Gasteiger partial charge in [0.15, 0.2) is 0 Å². The molecule has 2 atom stereocenters. The zero-order valence-electron chi connectivity index (χ0n) is 10.9. The minimum Gasteiger partial charge on any atom is -0.748 e. The number of rotatable bonds is 7. The van der Waals surface area contributed by atoms with Crippen molar-refractivity contribution in [3.05, 3.63) is 0 Å². The van der Waals surface area contributed by atoms with Crippen LogP contribution in [0.1, 0.15) is 26.7 Å². The van der Waals surface area contributed by atoms with Crippen LogP contribution in [-0.4, -0.2) is 38.1 Å². The Morgan fingerprint density at radius 1 is 1.29 bits per heavy atom. The molecule has 0 aliphatic carbocycles. The van der Waals surface area contributed by atoms with Crippen molar-refractivity contribution in [1.29, 1.82) is 0 Å². The fourth-order valence-corrected chi connectivity index (χ4v) is 3.77. The first-order chi connectivity index (χ1) is 7.21. The van der Waals surface area contributed by atoms with Crippen LogP contribution in [0.5, 0.6) is 0 Å². The molecule has 6 nitrogen and oxygen atoms in total. The summed E-state index contributed by atoms with van der Waals surface area (Å²) in [5, 5.41) is -1.10. The monoisotopic (exact) mass is 296 g/mol. The standard InChI is InChI=1S/C8H19O6PS.Na/c1-5-8(15(9,13-3)14-4)6-7(2)16(10,11)12;/h7-8H,5-6H2,1-4H3,(H,10,11,12);/q;+1/p-1. The summed E-state index contributed by atoms with van der Waals surface area (Å²) < 4.78 is 53.9. The summed E-state index contributed by atoms with van der Waals surface area (Å²) in [6, 6.07) is 0. The summed E-state index contributed by atoms with van der Waals surface area (Å²) in [6.07, 6.45) is 0.389. The average Bonchev–Trinajstić information content (AvgIpc) is 2.23. The largest absolute Gasteiger partial charge is 1.00 e. The van der Waals surface area contributed by atoms with Crippen molar-refractivity contribution in [2.24, 2.45) is 0 Å². The molecule has 0 radical (unpaired) electrons. The summed E-state index contributed by atoms with van der Waals surface area (Å²) in [5.74, 6) is 0. The number of hydrogen-bond acceptors (Lipinski definition) is 6. The molecule has 17 heavy (non-hydrogen) atoms. The van der Waals surface area contributed by atoms with Gasteiger partial charge in [0.2, 0.25) is 0 Å². The SMILES string of the molecule is CCC(CC(C)S(=O)(=O)[O-])P(=O)(OC)OC.[Na+]. The molecule has 0 amide bonds. The fourth-order valence-electron chi connectivity index (χ4n) is 1.39. The van der Waals surface area contributed by atoms with Crippen molar-refractivity contribution in [2.75, 3.05) is 14.2 Å². The van der Waals surface area contributed by atoms with Crippen molar-refractivity contribution >= 4 is 17.7 Å². The number of hydrogen-bond donors (Lipinski definition) is 0. The van der Waals surface area contributed by atoms with Crippen LogP contribution in [-0.2, 0) is 23.7 Å². The van der Waals surface area contributed by atoms with Crippen LogP contribution in [0.4, 0.5) is 0 Å². The van der Waals surface area contributed by atoms with Gasteiger partial charge in [-0.05, 0) is 19.8 Å². The molecule has 0 saturated carbocycles. The van der Waals surface area contributed by atoms with Crippen LogP contribution in [0.3, 0.4) is 0 Å². The third-order valence-corrected chi connectivity index (χ3v) is 6.19. The van der Waals surface area contributed by atoms with E-state index in [1.807, 2.05) is 0 Å². The van der Waals surface area contributed by atoms with E-state index in [0.717, 1.165) is 0 Å². The van der Waals surface area contributed by atoms with Crippen molar-refractivity contribution in [3.8, 4) is 0 Å². The maximum atomic E-state index is 12.0. The third kappa shape index (κ3) is 6.16. The molecule has 0 aliphatic heterocycles. The predicted molar refractivity (Wildman–Crippen MR) is 59.5 cm³/mol. The van der Waals surface area contributed by atoms with Gasteiger partial charge in [0.25, 0.3) is 0 Å². The second-order valence-electron chi connectivity index (χ2n) is 3.51. The van der Waals surface area contributed by atoms with Gasteiger partial charge in [0, 0.05) is 19.5 Å². The first-order valence-electron chi connectivity index (χ1n) is 4.87. The maximum Gasteiger partial charge on any atom is 1.00 e. The average molecular weight is 296 g/mol. The van der Waals surface area contributed by atoms with E-state index in [-0.39, 0.29) is 36.0 Å². The van der Waals surface area contributed by atoms with E-state index in [0.29, 0.717) is 6.42 Å². The van der Waals surface area contributed by atoms with Crippen molar-refractivity contribution in [2.45, 2.75) is 37.6 Å². The molecule has 0 saturated heterocycles. The molecule has 0 aromatic carbocycles. The Kier molecular flexibility index (Phi) is 9.92. The molecule has 2 unspecified atom stereocenters. The zero-order valence-corrected chi connectivity index (χ0v) is 14.6. The summed E-state index contributed by atoms with van der Waals surface area (Å²) in [5.41, 5.74) is -0.582. The molecule has 0 spiro atoms. The Hall–Kier alpha value is 1.06. The summed E-state index contributed by atoms with van der Waals surface area (Å²) in [6.45, 7) is 3.03. The molecule has 0 N–H and O–H groups in total.